The van der Waals surface area contributed by atoms with Gasteiger partial charge < -0.3 is 0 Å². The molecule has 0 fully saturated rings. The average Bonchev–Trinajstić information content (AvgIpc) is 2.95. The molecule has 0 bridgehead atoms. The first-order valence-electron chi connectivity index (χ1n) is 7.82. The van der Waals surface area contributed by atoms with Crippen molar-refractivity contribution >= 4 is 44.0 Å². The maximum atomic E-state index is 12.3. The van der Waals surface area contributed by atoms with Gasteiger partial charge in [0.1, 0.15) is 0 Å². The molecule has 1 aromatic carbocycles. The number of carbonyl (C=O) groups excluding carboxylic acids is 1. The third-order valence-electron chi connectivity index (χ3n) is 3.96. The van der Waals surface area contributed by atoms with E-state index in [0.717, 1.165) is 10.6 Å². The van der Waals surface area contributed by atoms with Crippen LogP contribution >= 0.6 is 22.9 Å². The van der Waals surface area contributed by atoms with Crippen molar-refractivity contribution < 1.29 is 13.2 Å². The highest BCUT2D eigenvalue weighted by Crippen LogP contribution is 2.30. The lowest BCUT2D eigenvalue weighted by molar-refractivity contribution is 0.102. The number of thiazole rings is 1. The Kier molecular flexibility index (Phi) is 5.15. The molecule has 0 radical (unpaired) electrons. The minimum Gasteiger partial charge on any atom is -0.298 e. The molecular weight excluding hydrogens is 382 g/mol. The van der Waals surface area contributed by atoms with Crippen LogP contribution in [0, 0.1) is 0 Å². The minimum atomic E-state index is -3.29. The van der Waals surface area contributed by atoms with Gasteiger partial charge in [-0.15, -0.1) is 11.3 Å². The largest absolute Gasteiger partial charge is 0.298 e. The number of sulfonamides is 1. The number of nitrogens with zero attached hydrogens (tertiary/aromatic N) is 2. The summed E-state index contributed by atoms with van der Waals surface area (Å²) in [4.78, 5) is 17.6. The van der Waals surface area contributed by atoms with Crippen molar-refractivity contribution in [2.24, 2.45) is 0 Å². The fourth-order valence-electron chi connectivity index (χ4n) is 2.54. The number of aromatic nitrogens is 1. The van der Waals surface area contributed by atoms with Crippen molar-refractivity contribution in [1.29, 1.82) is 0 Å². The van der Waals surface area contributed by atoms with Gasteiger partial charge in [-0.05, 0) is 32.0 Å². The SMILES string of the molecule is CC(C)S(=O)(=O)N1CCc2nc(NC(=O)c3cccc(Cl)c3)sc2C1. The summed E-state index contributed by atoms with van der Waals surface area (Å²) in [6, 6.07) is 6.66. The molecule has 0 saturated heterocycles. The van der Waals surface area contributed by atoms with E-state index in [-0.39, 0.29) is 5.91 Å². The van der Waals surface area contributed by atoms with E-state index < -0.39 is 15.3 Å². The van der Waals surface area contributed by atoms with E-state index in [0.29, 0.717) is 35.2 Å². The lowest BCUT2D eigenvalue weighted by atomic mass is 10.2. The van der Waals surface area contributed by atoms with Crippen LogP contribution in [-0.2, 0) is 23.0 Å². The van der Waals surface area contributed by atoms with E-state index in [1.54, 1.807) is 38.1 Å². The van der Waals surface area contributed by atoms with Crippen LogP contribution in [0.4, 0.5) is 5.13 Å². The maximum Gasteiger partial charge on any atom is 0.257 e. The monoisotopic (exact) mass is 399 g/mol. The van der Waals surface area contributed by atoms with Gasteiger partial charge in [0.15, 0.2) is 5.13 Å². The van der Waals surface area contributed by atoms with Crippen LogP contribution < -0.4 is 5.32 Å². The Balaban J connectivity index is 1.76. The number of carbonyl (C=O) groups is 1. The van der Waals surface area contributed by atoms with Crippen molar-refractivity contribution in [2.45, 2.75) is 32.1 Å². The topological polar surface area (TPSA) is 79.4 Å². The second-order valence-corrected chi connectivity index (χ2v) is 10.0. The minimum absolute atomic E-state index is 0.291. The molecule has 134 valence electrons. The van der Waals surface area contributed by atoms with Crippen LogP contribution in [0.5, 0.6) is 0 Å². The fraction of sp³-hybridized carbons (Fsp3) is 0.375. The summed E-state index contributed by atoms with van der Waals surface area (Å²) in [5.41, 5.74) is 1.30. The van der Waals surface area contributed by atoms with Crippen LogP contribution in [0.25, 0.3) is 0 Å². The van der Waals surface area contributed by atoms with Gasteiger partial charge in [0.05, 0.1) is 10.9 Å². The number of benzene rings is 1. The van der Waals surface area contributed by atoms with E-state index in [4.69, 9.17) is 11.6 Å². The van der Waals surface area contributed by atoms with Gasteiger partial charge in [-0.3, -0.25) is 10.1 Å². The zero-order chi connectivity index (χ0) is 18.2. The highest BCUT2D eigenvalue weighted by Gasteiger charge is 2.31. The van der Waals surface area contributed by atoms with Crippen molar-refractivity contribution in [3.05, 3.63) is 45.4 Å². The lowest BCUT2D eigenvalue weighted by Gasteiger charge is -2.26. The molecule has 1 aromatic heterocycles. The van der Waals surface area contributed by atoms with E-state index in [2.05, 4.69) is 10.3 Å². The van der Waals surface area contributed by atoms with Crippen molar-refractivity contribution in [3.63, 3.8) is 0 Å². The number of nitrogens with one attached hydrogen (secondary N) is 1. The predicted octanol–water partition coefficient (Wildman–Crippen LogP) is 3.15. The Hall–Kier alpha value is -1.48. The zero-order valence-corrected chi connectivity index (χ0v) is 16.2. The summed E-state index contributed by atoms with van der Waals surface area (Å²) < 4.78 is 26.1. The molecule has 25 heavy (non-hydrogen) atoms. The van der Waals surface area contributed by atoms with Gasteiger partial charge in [0.2, 0.25) is 10.0 Å². The first kappa shape index (κ1) is 18.3. The fourth-order valence-corrected chi connectivity index (χ4v) is 5.08. The molecule has 0 unspecified atom stereocenters. The van der Waals surface area contributed by atoms with Gasteiger partial charge in [-0.1, -0.05) is 17.7 Å². The maximum absolute atomic E-state index is 12.3. The second kappa shape index (κ2) is 7.03. The Morgan fingerprint density at radius 1 is 1.40 bits per heavy atom. The molecule has 1 aliphatic heterocycles. The third kappa shape index (κ3) is 3.87. The van der Waals surface area contributed by atoms with Crippen molar-refractivity contribution in [3.8, 4) is 0 Å². The quantitative estimate of drug-likeness (QED) is 0.856. The van der Waals surface area contributed by atoms with Gasteiger partial charge >= 0.3 is 0 Å². The Bertz CT molecular complexity index is 909. The van der Waals surface area contributed by atoms with Crippen LogP contribution in [-0.4, -0.2) is 35.4 Å². The predicted molar refractivity (Wildman–Crippen MR) is 99.7 cm³/mol. The molecule has 1 N–H and O–H groups in total. The van der Waals surface area contributed by atoms with Gasteiger partial charge in [0.25, 0.3) is 5.91 Å². The summed E-state index contributed by atoms with van der Waals surface area (Å²) in [7, 11) is -3.29. The van der Waals surface area contributed by atoms with Gasteiger partial charge in [-0.25, -0.2) is 13.4 Å². The Morgan fingerprint density at radius 2 is 2.16 bits per heavy atom. The molecule has 0 saturated carbocycles. The first-order valence-corrected chi connectivity index (χ1v) is 10.5. The molecule has 6 nitrogen and oxygen atoms in total. The highest BCUT2D eigenvalue weighted by atomic mass is 35.5. The molecule has 1 amide bonds. The van der Waals surface area contributed by atoms with Gasteiger partial charge in [0, 0.05) is 35.0 Å². The van der Waals surface area contributed by atoms with E-state index >= 15 is 0 Å². The summed E-state index contributed by atoms with van der Waals surface area (Å²) in [5.74, 6) is -0.291. The smallest absolute Gasteiger partial charge is 0.257 e. The van der Waals surface area contributed by atoms with Crippen molar-refractivity contribution in [2.75, 3.05) is 11.9 Å². The van der Waals surface area contributed by atoms with Crippen LogP contribution in [0.3, 0.4) is 0 Å². The number of hydrogen-bond donors (Lipinski definition) is 1. The number of halogens is 1. The van der Waals surface area contributed by atoms with E-state index in [1.165, 1.54) is 15.6 Å². The second-order valence-electron chi connectivity index (χ2n) is 6.03. The summed E-state index contributed by atoms with van der Waals surface area (Å²) in [5, 5.41) is 3.26. The Labute approximate surface area is 155 Å². The Morgan fingerprint density at radius 3 is 2.84 bits per heavy atom. The molecular formula is C16H18ClN3O3S2. The van der Waals surface area contributed by atoms with Crippen LogP contribution in [0.1, 0.15) is 34.8 Å². The molecule has 1 aliphatic rings. The molecule has 0 atom stereocenters. The number of hydrogen-bond acceptors (Lipinski definition) is 5. The molecule has 3 rings (SSSR count). The summed E-state index contributed by atoms with van der Waals surface area (Å²) in [6.07, 6.45) is 0.546. The summed E-state index contributed by atoms with van der Waals surface area (Å²) >= 11 is 7.22. The molecule has 2 aromatic rings. The van der Waals surface area contributed by atoms with Crippen molar-refractivity contribution in [1.82, 2.24) is 9.29 Å². The molecule has 0 aliphatic carbocycles. The van der Waals surface area contributed by atoms with E-state index in [9.17, 15) is 13.2 Å². The standard InChI is InChI=1S/C16H18ClN3O3S2/c1-10(2)25(22,23)20-7-6-13-14(9-20)24-16(18-13)19-15(21)11-4-3-5-12(17)8-11/h3-5,8,10H,6-7,9H2,1-2H3,(H,18,19,21). The van der Waals surface area contributed by atoms with E-state index in [1.807, 2.05) is 0 Å². The third-order valence-corrected chi connectivity index (χ3v) is 7.41. The lowest BCUT2D eigenvalue weighted by Crippen LogP contribution is -2.39. The molecule has 0 spiro atoms. The van der Waals surface area contributed by atoms with Gasteiger partial charge in [-0.2, -0.15) is 4.31 Å². The molecule has 2 heterocycles. The highest BCUT2D eigenvalue weighted by molar-refractivity contribution is 7.89. The number of rotatable bonds is 4. The molecule has 9 heteroatoms. The number of anilines is 1. The number of amides is 1. The van der Waals surface area contributed by atoms with Crippen LogP contribution in [0.2, 0.25) is 5.02 Å². The first-order chi connectivity index (χ1) is 11.8. The summed E-state index contributed by atoms with van der Waals surface area (Å²) in [6.45, 7) is 4.07. The average molecular weight is 400 g/mol. The number of fused-ring (bicyclic) bond motifs is 1. The zero-order valence-electron chi connectivity index (χ0n) is 13.8. The normalized spacial score (nSPS) is 15.2. The van der Waals surface area contributed by atoms with Crippen LogP contribution in [0.15, 0.2) is 24.3 Å².